The second-order valence-corrected chi connectivity index (χ2v) is 8.58. The number of aryl methyl sites for hydroxylation is 1. The molecule has 1 heterocycles. The number of hydrogen-bond acceptors (Lipinski definition) is 6. The standard InChI is InChI=1S/C17H27O6S.ClH/c1-11-2-4-12(5-3-11)8-23-15(6-18)13(20)9-24-10-14(21)17(22)16(24)7-19;/h2-5,13-22H,6-10H2,1H3;1H/q+1;/p-1/t13-,14-,15+,16-,17+,24?;/m1./s1. The lowest BCUT2D eigenvalue weighted by atomic mass is 10.1. The molecule has 144 valence electrons. The Morgan fingerprint density at radius 3 is 2.40 bits per heavy atom. The van der Waals surface area contributed by atoms with Gasteiger partial charge in [0.1, 0.15) is 35.9 Å². The van der Waals surface area contributed by atoms with Crippen molar-refractivity contribution in [2.24, 2.45) is 0 Å². The molecule has 0 radical (unpaired) electrons. The molecule has 0 saturated carbocycles. The van der Waals surface area contributed by atoms with E-state index in [-0.39, 0.29) is 38.0 Å². The van der Waals surface area contributed by atoms with E-state index in [0.717, 1.165) is 11.1 Å². The molecule has 6 nitrogen and oxygen atoms in total. The number of halogens is 1. The van der Waals surface area contributed by atoms with Crippen LogP contribution in [0.15, 0.2) is 24.3 Å². The van der Waals surface area contributed by atoms with Crippen molar-refractivity contribution in [1.29, 1.82) is 0 Å². The van der Waals surface area contributed by atoms with Crippen molar-refractivity contribution in [3.63, 3.8) is 0 Å². The Hall–Kier alpha value is -0.380. The van der Waals surface area contributed by atoms with Gasteiger partial charge in [-0.2, -0.15) is 0 Å². The van der Waals surface area contributed by atoms with Crippen LogP contribution in [0.4, 0.5) is 0 Å². The van der Waals surface area contributed by atoms with E-state index in [2.05, 4.69) is 0 Å². The number of benzene rings is 1. The molecule has 0 spiro atoms. The van der Waals surface area contributed by atoms with Gasteiger partial charge in [0.25, 0.3) is 0 Å². The van der Waals surface area contributed by atoms with E-state index in [0.29, 0.717) is 5.75 Å². The number of aliphatic hydroxyl groups excluding tert-OH is 5. The van der Waals surface area contributed by atoms with Crippen molar-refractivity contribution >= 4 is 10.9 Å². The Labute approximate surface area is 157 Å². The Kier molecular flexibility index (Phi) is 9.69. The van der Waals surface area contributed by atoms with Crippen LogP contribution in [0.2, 0.25) is 0 Å². The van der Waals surface area contributed by atoms with Crippen LogP contribution in [0, 0.1) is 6.92 Å². The summed E-state index contributed by atoms with van der Waals surface area (Å²) in [6, 6.07) is 7.81. The summed E-state index contributed by atoms with van der Waals surface area (Å²) >= 11 is 0. The van der Waals surface area contributed by atoms with Crippen molar-refractivity contribution in [1.82, 2.24) is 0 Å². The van der Waals surface area contributed by atoms with Crippen LogP contribution < -0.4 is 12.4 Å². The molecular formula is C17H27ClO6S. The predicted molar refractivity (Wildman–Crippen MR) is 92.8 cm³/mol. The van der Waals surface area contributed by atoms with Crippen molar-refractivity contribution in [2.45, 2.75) is 43.2 Å². The molecule has 1 aliphatic rings. The number of rotatable bonds is 8. The van der Waals surface area contributed by atoms with E-state index in [1.54, 1.807) is 0 Å². The molecule has 2 rings (SSSR count). The van der Waals surface area contributed by atoms with Gasteiger partial charge in [-0.3, -0.25) is 0 Å². The average molecular weight is 395 g/mol. The topological polar surface area (TPSA) is 110 Å². The first-order valence-corrected chi connectivity index (χ1v) is 9.68. The summed E-state index contributed by atoms with van der Waals surface area (Å²) in [5.41, 5.74) is 2.10. The lowest BCUT2D eigenvalue weighted by Gasteiger charge is -2.22. The highest BCUT2D eigenvalue weighted by atomic mass is 35.5. The van der Waals surface area contributed by atoms with Crippen LogP contribution in [0.25, 0.3) is 0 Å². The Bertz CT molecular complexity index is 502. The average Bonchev–Trinajstić information content (AvgIpc) is 2.83. The third kappa shape index (κ3) is 6.08. The zero-order chi connectivity index (χ0) is 17.7. The SMILES string of the molecule is Cc1ccc(CO[C@@H](CO)[C@H](O)C[S+]2C[C@@H](O)[C@H](O)[C@H]2CO)cc1.[Cl-]. The highest BCUT2D eigenvalue weighted by Crippen LogP contribution is 2.25. The summed E-state index contributed by atoms with van der Waals surface area (Å²) in [6.07, 6.45) is -3.51. The monoisotopic (exact) mass is 394 g/mol. The summed E-state index contributed by atoms with van der Waals surface area (Å²) in [4.78, 5) is 0. The second-order valence-electron chi connectivity index (χ2n) is 6.23. The van der Waals surface area contributed by atoms with Crippen LogP contribution in [0.5, 0.6) is 0 Å². The van der Waals surface area contributed by atoms with E-state index >= 15 is 0 Å². The zero-order valence-electron chi connectivity index (χ0n) is 14.2. The fraction of sp³-hybridized carbons (Fsp3) is 0.647. The number of hydrogen-bond donors (Lipinski definition) is 5. The fourth-order valence-electron chi connectivity index (χ4n) is 2.79. The third-order valence-electron chi connectivity index (χ3n) is 4.35. The maximum absolute atomic E-state index is 10.4. The number of ether oxygens (including phenoxy) is 1. The van der Waals surface area contributed by atoms with E-state index in [4.69, 9.17) is 4.74 Å². The molecule has 0 aromatic heterocycles. The van der Waals surface area contributed by atoms with Gasteiger partial charge in [-0.15, -0.1) is 0 Å². The minimum Gasteiger partial charge on any atom is -1.00 e. The highest BCUT2D eigenvalue weighted by Gasteiger charge is 2.50. The van der Waals surface area contributed by atoms with Gasteiger partial charge >= 0.3 is 0 Å². The molecule has 1 saturated heterocycles. The molecule has 0 aliphatic carbocycles. The molecule has 0 amide bonds. The van der Waals surface area contributed by atoms with Gasteiger partial charge in [0.15, 0.2) is 5.25 Å². The molecule has 1 aromatic rings. The molecule has 0 bridgehead atoms. The molecular weight excluding hydrogens is 368 g/mol. The summed E-state index contributed by atoms with van der Waals surface area (Å²) < 4.78 is 5.63. The van der Waals surface area contributed by atoms with E-state index in [9.17, 15) is 25.5 Å². The molecule has 6 atom stereocenters. The van der Waals surface area contributed by atoms with Crippen LogP contribution in [0.3, 0.4) is 0 Å². The molecule has 1 aliphatic heterocycles. The van der Waals surface area contributed by atoms with Crippen LogP contribution in [-0.2, 0) is 22.2 Å². The van der Waals surface area contributed by atoms with Gasteiger partial charge in [0, 0.05) is 10.9 Å². The van der Waals surface area contributed by atoms with E-state index < -0.39 is 40.6 Å². The fourth-order valence-corrected chi connectivity index (χ4v) is 5.50. The van der Waals surface area contributed by atoms with Crippen LogP contribution in [0.1, 0.15) is 11.1 Å². The van der Waals surface area contributed by atoms with Crippen molar-refractivity contribution in [2.75, 3.05) is 24.7 Å². The lowest BCUT2D eigenvalue weighted by Crippen LogP contribution is -3.00. The Balaban J connectivity index is 0.00000312. The first kappa shape index (κ1) is 22.7. The van der Waals surface area contributed by atoms with Gasteiger partial charge in [0.05, 0.1) is 19.8 Å². The minimum atomic E-state index is -0.966. The summed E-state index contributed by atoms with van der Waals surface area (Å²) in [5, 5.41) is 48.4. The molecule has 1 aromatic carbocycles. The summed E-state index contributed by atoms with van der Waals surface area (Å²) in [5.74, 6) is 0.623. The van der Waals surface area contributed by atoms with Gasteiger partial charge in [0.2, 0.25) is 0 Å². The van der Waals surface area contributed by atoms with E-state index in [1.165, 1.54) is 0 Å². The normalized spacial score (nSPS) is 28.4. The summed E-state index contributed by atoms with van der Waals surface area (Å²) in [7, 11) is -0.520. The highest BCUT2D eigenvalue weighted by molar-refractivity contribution is 7.97. The predicted octanol–water partition coefficient (Wildman–Crippen LogP) is -4.05. The lowest BCUT2D eigenvalue weighted by molar-refractivity contribution is -0.0623. The third-order valence-corrected chi connectivity index (χ3v) is 7.17. The quantitative estimate of drug-likeness (QED) is 0.287. The molecule has 1 fully saturated rings. The zero-order valence-corrected chi connectivity index (χ0v) is 15.7. The Morgan fingerprint density at radius 1 is 1.20 bits per heavy atom. The maximum atomic E-state index is 10.4. The first-order chi connectivity index (χ1) is 11.5. The molecule has 8 heteroatoms. The van der Waals surface area contributed by atoms with E-state index in [1.807, 2.05) is 31.2 Å². The van der Waals surface area contributed by atoms with Gasteiger partial charge in [-0.05, 0) is 12.5 Å². The van der Waals surface area contributed by atoms with Gasteiger partial charge in [-0.1, -0.05) is 29.8 Å². The molecule has 25 heavy (non-hydrogen) atoms. The number of aliphatic hydroxyl groups is 5. The van der Waals surface area contributed by atoms with Gasteiger partial charge < -0.3 is 42.7 Å². The van der Waals surface area contributed by atoms with Crippen molar-refractivity contribution in [3.05, 3.63) is 35.4 Å². The molecule has 1 unspecified atom stereocenters. The first-order valence-electron chi connectivity index (χ1n) is 8.05. The second kappa shape index (κ2) is 10.7. The van der Waals surface area contributed by atoms with Crippen molar-refractivity contribution < 1.29 is 42.7 Å². The minimum absolute atomic E-state index is 0. The summed E-state index contributed by atoms with van der Waals surface area (Å²) in [6.45, 7) is 1.72. The molecule has 5 N–H and O–H groups in total. The largest absolute Gasteiger partial charge is 1.00 e. The Morgan fingerprint density at radius 2 is 1.84 bits per heavy atom. The smallest absolute Gasteiger partial charge is 0.169 e. The van der Waals surface area contributed by atoms with Crippen molar-refractivity contribution in [3.8, 4) is 0 Å². The van der Waals surface area contributed by atoms with Crippen LogP contribution in [-0.4, -0.2) is 79.9 Å². The maximum Gasteiger partial charge on any atom is 0.169 e. The van der Waals surface area contributed by atoms with Gasteiger partial charge in [-0.25, -0.2) is 0 Å². The van der Waals surface area contributed by atoms with Crippen LogP contribution >= 0.6 is 0 Å².